The molecule has 60 valence electrons. The topological polar surface area (TPSA) is 34.1 Å². The van der Waals surface area contributed by atoms with E-state index in [1.807, 2.05) is 19.9 Å². The van der Waals surface area contributed by atoms with E-state index in [9.17, 15) is 9.59 Å². The SMILES string of the molecule is CC1(C)C=C(C=O)CC(=O)C1. The van der Waals surface area contributed by atoms with Crippen LogP contribution in [-0.4, -0.2) is 12.1 Å². The van der Waals surface area contributed by atoms with Crippen molar-refractivity contribution in [3.63, 3.8) is 0 Å². The van der Waals surface area contributed by atoms with Gasteiger partial charge in [-0.1, -0.05) is 19.9 Å². The van der Waals surface area contributed by atoms with E-state index in [1.165, 1.54) is 0 Å². The van der Waals surface area contributed by atoms with Gasteiger partial charge in [0.15, 0.2) is 0 Å². The highest BCUT2D eigenvalue weighted by Gasteiger charge is 2.25. The van der Waals surface area contributed by atoms with Crippen molar-refractivity contribution in [2.75, 3.05) is 0 Å². The maximum Gasteiger partial charge on any atom is 0.146 e. The van der Waals surface area contributed by atoms with Gasteiger partial charge in [0.05, 0.1) is 0 Å². The van der Waals surface area contributed by atoms with E-state index in [1.54, 1.807) is 0 Å². The van der Waals surface area contributed by atoms with E-state index in [0.29, 0.717) is 18.4 Å². The molecule has 2 nitrogen and oxygen atoms in total. The van der Waals surface area contributed by atoms with E-state index in [2.05, 4.69) is 0 Å². The lowest BCUT2D eigenvalue weighted by molar-refractivity contribution is -0.121. The minimum atomic E-state index is -0.119. The molecule has 11 heavy (non-hydrogen) atoms. The average Bonchev–Trinajstić information content (AvgIpc) is 1.83. The average molecular weight is 152 g/mol. The van der Waals surface area contributed by atoms with Crippen LogP contribution in [-0.2, 0) is 9.59 Å². The van der Waals surface area contributed by atoms with Crippen LogP contribution in [0.2, 0.25) is 0 Å². The summed E-state index contributed by atoms with van der Waals surface area (Å²) in [4.78, 5) is 21.4. The maximum atomic E-state index is 11.0. The molecule has 0 radical (unpaired) electrons. The number of allylic oxidation sites excluding steroid dienone is 2. The molecule has 0 saturated heterocycles. The zero-order chi connectivity index (χ0) is 8.48. The van der Waals surface area contributed by atoms with Crippen molar-refractivity contribution in [1.82, 2.24) is 0 Å². The molecule has 0 fully saturated rings. The maximum absolute atomic E-state index is 11.0. The Bertz CT molecular complexity index is 224. The lowest BCUT2D eigenvalue weighted by Gasteiger charge is -2.24. The molecule has 0 aromatic heterocycles. The van der Waals surface area contributed by atoms with Gasteiger partial charge >= 0.3 is 0 Å². The van der Waals surface area contributed by atoms with E-state index in [4.69, 9.17) is 0 Å². The van der Waals surface area contributed by atoms with Gasteiger partial charge in [-0.15, -0.1) is 0 Å². The molecule has 0 amide bonds. The van der Waals surface area contributed by atoms with E-state index in [0.717, 1.165) is 6.29 Å². The van der Waals surface area contributed by atoms with Crippen molar-refractivity contribution in [3.8, 4) is 0 Å². The normalized spacial score (nSPS) is 22.7. The number of rotatable bonds is 1. The van der Waals surface area contributed by atoms with Gasteiger partial charge < -0.3 is 0 Å². The lowest BCUT2D eigenvalue weighted by Crippen LogP contribution is -2.21. The van der Waals surface area contributed by atoms with Crippen LogP contribution in [0.4, 0.5) is 0 Å². The smallest absolute Gasteiger partial charge is 0.146 e. The van der Waals surface area contributed by atoms with E-state index < -0.39 is 0 Å². The molecular formula is C9H12O2. The largest absolute Gasteiger partial charge is 0.299 e. The van der Waals surface area contributed by atoms with Crippen LogP contribution in [0, 0.1) is 5.41 Å². The standard InChI is InChI=1S/C9H12O2/c1-9(2)4-7(6-10)3-8(11)5-9/h4,6H,3,5H2,1-2H3. The molecule has 0 atom stereocenters. The highest BCUT2D eigenvalue weighted by Crippen LogP contribution is 2.30. The predicted molar refractivity (Wildman–Crippen MR) is 42.2 cm³/mol. The van der Waals surface area contributed by atoms with Gasteiger partial charge in [-0.25, -0.2) is 0 Å². The molecule has 0 aromatic carbocycles. The summed E-state index contributed by atoms with van der Waals surface area (Å²) in [6.07, 6.45) is 3.55. The predicted octanol–water partition coefficient (Wildman–Crippen LogP) is 1.50. The molecule has 0 heterocycles. The third kappa shape index (κ3) is 2.00. The second-order valence-corrected chi connectivity index (χ2v) is 3.72. The third-order valence-electron chi connectivity index (χ3n) is 1.78. The Hall–Kier alpha value is -0.920. The van der Waals surface area contributed by atoms with Crippen molar-refractivity contribution in [2.24, 2.45) is 5.41 Å². The van der Waals surface area contributed by atoms with Crippen LogP contribution in [0.1, 0.15) is 26.7 Å². The van der Waals surface area contributed by atoms with Crippen LogP contribution < -0.4 is 0 Å². The van der Waals surface area contributed by atoms with Crippen molar-refractivity contribution in [1.29, 1.82) is 0 Å². The molecule has 2 heteroatoms. The van der Waals surface area contributed by atoms with E-state index >= 15 is 0 Å². The van der Waals surface area contributed by atoms with Gasteiger partial charge in [0.25, 0.3) is 0 Å². The summed E-state index contributed by atoms with van der Waals surface area (Å²) >= 11 is 0. The molecule has 1 aliphatic carbocycles. The van der Waals surface area contributed by atoms with Gasteiger partial charge in [-0.2, -0.15) is 0 Å². The first-order valence-electron chi connectivity index (χ1n) is 3.72. The van der Waals surface area contributed by atoms with E-state index in [-0.39, 0.29) is 11.2 Å². The Morgan fingerprint density at radius 1 is 1.55 bits per heavy atom. The Morgan fingerprint density at radius 2 is 2.18 bits per heavy atom. The van der Waals surface area contributed by atoms with Gasteiger partial charge in [-0.3, -0.25) is 9.59 Å². The lowest BCUT2D eigenvalue weighted by atomic mass is 9.79. The summed E-state index contributed by atoms with van der Waals surface area (Å²) in [5.74, 6) is 0.166. The van der Waals surface area contributed by atoms with Crippen LogP contribution in [0.5, 0.6) is 0 Å². The fourth-order valence-electron chi connectivity index (χ4n) is 1.48. The molecule has 0 spiro atoms. The minimum absolute atomic E-state index is 0.119. The van der Waals surface area contributed by atoms with Crippen LogP contribution in [0.3, 0.4) is 0 Å². The Morgan fingerprint density at radius 3 is 2.64 bits per heavy atom. The number of aldehydes is 1. The number of ketones is 1. The quantitative estimate of drug-likeness (QED) is 0.533. The number of hydrogen-bond acceptors (Lipinski definition) is 2. The molecule has 0 N–H and O–H groups in total. The fraction of sp³-hybridized carbons (Fsp3) is 0.556. The van der Waals surface area contributed by atoms with Crippen molar-refractivity contribution in [2.45, 2.75) is 26.7 Å². The third-order valence-corrected chi connectivity index (χ3v) is 1.78. The van der Waals surface area contributed by atoms with Crippen molar-refractivity contribution < 1.29 is 9.59 Å². The summed E-state index contributed by atoms with van der Waals surface area (Å²) in [7, 11) is 0. The first-order valence-corrected chi connectivity index (χ1v) is 3.72. The number of Topliss-reactive ketones (excluding diaryl/α,β-unsaturated/α-hetero) is 1. The summed E-state index contributed by atoms with van der Waals surface area (Å²) in [6, 6.07) is 0. The van der Waals surface area contributed by atoms with Crippen molar-refractivity contribution in [3.05, 3.63) is 11.6 Å². The molecule has 0 aromatic rings. The molecule has 0 saturated carbocycles. The molecule has 0 unspecified atom stereocenters. The highest BCUT2D eigenvalue weighted by molar-refractivity contribution is 5.91. The highest BCUT2D eigenvalue weighted by atomic mass is 16.1. The number of carbonyl (C=O) groups excluding carboxylic acids is 2. The zero-order valence-electron chi connectivity index (χ0n) is 6.89. The van der Waals surface area contributed by atoms with Gasteiger partial charge in [0.2, 0.25) is 0 Å². The molecular weight excluding hydrogens is 140 g/mol. The van der Waals surface area contributed by atoms with Crippen LogP contribution in [0.15, 0.2) is 11.6 Å². The van der Waals surface area contributed by atoms with Gasteiger partial charge in [-0.05, 0) is 11.0 Å². The summed E-state index contributed by atoms with van der Waals surface area (Å²) in [5, 5.41) is 0. The van der Waals surface area contributed by atoms with Crippen molar-refractivity contribution >= 4 is 12.1 Å². The van der Waals surface area contributed by atoms with Gasteiger partial charge in [0.1, 0.15) is 12.1 Å². The molecule has 0 bridgehead atoms. The fourth-order valence-corrected chi connectivity index (χ4v) is 1.48. The first kappa shape index (κ1) is 8.18. The second kappa shape index (κ2) is 2.61. The number of hydrogen-bond donors (Lipinski definition) is 0. The summed E-state index contributed by atoms with van der Waals surface area (Å²) in [5.41, 5.74) is 0.511. The minimum Gasteiger partial charge on any atom is -0.299 e. The Balaban J connectivity index is 2.90. The monoisotopic (exact) mass is 152 g/mol. The summed E-state index contributed by atoms with van der Waals surface area (Å²) < 4.78 is 0. The van der Waals surface area contributed by atoms with Crippen LogP contribution >= 0.6 is 0 Å². The molecule has 1 rings (SSSR count). The number of carbonyl (C=O) groups is 2. The van der Waals surface area contributed by atoms with Gasteiger partial charge in [0, 0.05) is 12.8 Å². The second-order valence-electron chi connectivity index (χ2n) is 3.72. The molecule has 0 aliphatic heterocycles. The summed E-state index contributed by atoms with van der Waals surface area (Å²) in [6.45, 7) is 3.93. The Labute approximate surface area is 66.3 Å². The first-order chi connectivity index (χ1) is 5.03. The zero-order valence-corrected chi connectivity index (χ0v) is 6.89. The van der Waals surface area contributed by atoms with Crippen LogP contribution in [0.25, 0.3) is 0 Å². The Kier molecular flexibility index (Phi) is 1.94. The molecule has 1 aliphatic rings.